The minimum Gasteiger partial charge on any atom is -0.361 e. The molecule has 0 spiro atoms. The molecule has 2 aliphatic rings. The Bertz CT molecular complexity index is 1210. The van der Waals surface area contributed by atoms with Crippen molar-refractivity contribution in [3.8, 4) is 0 Å². The number of para-hydroxylation sites is 1. The van der Waals surface area contributed by atoms with Crippen molar-refractivity contribution in [2.75, 3.05) is 6.54 Å². The maximum absolute atomic E-state index is 13.3. The molecule has 0 radical (unpaired) electrons. The Labute approximate surface area is 192 Å². The zero-order valence-electron chi connectivity index (χ0n) is 18.6. The lowest BCUT2D eigenvalue weighted by Gasteiger charge is -2.30. The highest BCUT2D eigenvalue weighted by Gasteiger charge is 2.40. The number of H-pyrrole nitrogens is 1. The summed E-state index contributed by atoms with van der Waals surface area (Å²) in [5.74, 6) is -0.445. The molecule has 2 amide bonds. The molecule has 6 heteroatoms. The first-order valence-electron chi connectivity index (χ1n) is 11.7. The SMILES string of the molecule is O=C(CC1=C2CCCCC2N(Cc2ccc(F)cc2)C1=O)NCCc1c[nH]c2ccccc12. The van der Waals surface area contributed by atoms with Gasteiger partial charge < -0.3 is 15.2 Å². The molecule has 1 atom stereocenters. The number of nitrogens with zero attached hydrogens (tertiary/aromatic N) is 1. The van der Waals surface area contributed by atoms with Crippen molar-refractivity contribution in [3.63, 3.8) is 0 Å². The quantitative estimate of drug-likeness (QED) is 0.557. The van der Waals surface area contributed by atoms with Gasteiger partial charge in [0.15, 0.2) is 0 Å². The lowest BCUT2D eigenvalue weighted by atomic mass is 9.88. The maximum atomic E-state index is 13.3. The van der Waals surface area contributed by atoms with E-state index in [0.29, 0.717) is 18.7 Å². The number of nitrogens with one attached hydrogen (secondary N) is 2. The van der Waals surface area contributed by atoms with E-state index in [1.165, 1.54) is 23.1 Å². The molecule has 1 saturated carbocycles. The van der Waals surface area contributed by atoms with E-state index >= 15 is 0 Å². The Balaban J connectivity index is 1.23. The molecular weight excluding hydrogens is 417 g/mol. The smallest absolute Gasteiger partial charge is 0.251 e. The second kappa shape index (κ2) is 9.22. The number of carbonyl (C=O) groups excluding carboxylic acids is 2. The van der Waals surface area contributed by atoms with Gasteiger partial charge in [-0.3, -0.25) is 9.59 Å². The Morgan fingerprint density at radius 1 is 1.12 bits per heavy atom. The van der Waals surface area contributed by atoms with Crippen molar-refractivity contribution in [2.45, 2.75) is 51.1 Å². The number of rotatable bonds is 7. The van der Waals surface area contributed by atoms with Crippen LogP contribution in [0, 0.1) is 5.82 Å². The summed E-state index contributed by atoms with van der Waals surface area (Å²) in [6.07, 6.45) is 6.76. The van der Waals surface area contributed by atoms with Crippen LogP contribution < -0.4 is 5.32 Å². The van der Waals surface area contributed by atoms with Gasteiger partial charge in [0.2, 0.25) is 5.91 Å². The molecule has 2 heterocycles. The average molecular weight is 446 g/mol. The van der Waals surface area contributed by atoms with Crippen LogP contribution >= 0.6 is 0 Å². The molecule has 170 valence electrons. The molecule has 1 unspecified atom stereocenters. The number of halogens is 1. The van der Waals surface area contributed by atoms with E-state index in [0.717, 1.165) is 48.8 Å². The number of carbonyl (C=O) groups is 2. The van der Waals surface area contributed by atoms with Crippen LogP contribution in [0.15, 0.2) is 65.9 Å². The summed E-state index contributed by atoms with van der Waals surface area (Å²) in [6, 6.07) is 14.5. The fraction of sp³-hybridized carbons (Fsp3) is 0.333. The van der Waals surface area contributed by atoms with Crippen LogP contribution in [0.4, 0.5) is 4.39 Å². The van der Waals surface area contributed by atoms with E-state index in [9.17, 15) is 14.0 Å². The van der Waals surface area contributed by atoms with Crippen LogP contribution in [0.3, 0.4) is 0 Å². The van der Waals surface area contributed by atoms with E-state index in [1.54, 1.807) is 12.1 Å². The number of aromatic amines is 1. The molecule has 2 N–H and O–H groups in total. The predicted molar refractivity (Wildman–Crippen MR) is 126 cm³/mol. The van der Waals surface area contributed by atoms with Gasteiger partial charge in [-0.25, -0.2) is 4.39 Å². The summed E-state index contributed by atoms with van der Waals surface area (Å²) in [5.41, 5.74) is 4.94. The van der Waals surface area contributed by atoms with Crippen LogP contribution in [0.5, 0.6) is 0 Å². The standard InChI is InChI=1S/C27H28FN3O2/c28-20-11-9-18(10-12-20)17-31-25-8-4-2-6-22(25)23(27(31)33)15-26(32)29-14-13-19-16-30-24-7-3-1-5-21(19)24/h1,3,5,7,9-12,16,25,30H,2,4,6,8,13-15,17H2,(H,29,32). The molecule has 3 aromatic rings. The topological polar surface area (TPSA) is 65.2 Å². The molecule has 0 bridgehead atoms. The fourth-order valence-corrected chi connectivity index (χ4v) is 5.20. The molecule has 1 fully saturated rings. The number of aromatic nitrogens is 1. The Morgan fingerprint density at radius 2 is 1.94 bits per heavy atom. The maximum Gasteiger partial charge on any atom is 0.251 e. The predicted octanol–water partition coefficient (Wildman–Crippen LogP) is 4.64. The van der Waals surface area contributed by atoms with Gasteiger partial charge in [0.05, 0.1) is 12.5 Å². The highest BCUT2D eigenvalue weighted by Crippen LogP contribution is 2.38. The van der Waals surface area contributed by atoms with Gasteiger partial charge in [-0.05, 0) is 60.6 Å². The van der Waals surface area contributed by atoms with E-state index < -0.39 is 0 Å². The van der Waals surface area contributed by atoms with E-state index in [-0.39, 0.29) is 30.1 Å². The summed E-state index contributed by atoms with van der Waals surface area (Å²) in [5, 5.41) is 4.17. The number of amides is 2. The van der Waals surface area contributed by atoms with Gasteiger partial charge >= 0.3 is 0 Å². The minimum absolute atomic E-state index is 0.0481. The zero-order chi connectivity index (χ0) is 22.8. The summed E-state index contributed by atoms with van der Waals surface area (Å²) in [7, 11) is 0. The molecule has 1 aliphatic heterocycles. The lowest BCUT2D eigenvalue weighted by Crippen LogP contribution is -2.36. The molecule has 0 saturated heterocycles. The first-order valence-corrected chi connectivity index (χ1v) is 11.7. The first-order chi connectivity index (χ1) is 16.1. The summed E-state index contributed by atoms with van der Waals surface area (Å²) in [4.78, 5) is 31.2. The monoisotopic (exact) mass is 445 g/mol. The summed E-state index contributed by atoms with van der Waals surface area (Å²) < 4.78 is 13.3. The van der Waals surface area contributed by atoms with Crippen molar-refractivity contribution >= 4 is 22.7 Å². The normalized spacial score (nSPS) is 18.2. The summed E-state index contributed by atoms with van der Waals surface area (Å²) >= 11 is 0. The van der Waals surface area contributed by atoms with Gasteiger partial charge in [0.1, 0.15) is 5.82 Å². The van der Waals surface area contributed by atoms with Crippen molar-refractivity contribution in [1.82, 2.24) is 15.2 Å². The first kappa shape index (κ1) is 21.4. The van der Waals surface area contributed by atoms with Crippen molar-refractivity contribution in [3.05, 3.63) is 82.8 Å². The minimum atomic E-state index is -0.284. The second-order valence-corrected chi connectivity index (χ2v) is 8.96. The molecule has 2 aromatic carbocycles. The van der Waals surface area contributed by atoms with Gasteiger partial charge in [0, 0.05) is 35.8 Å². The molecule has 5 rings (SSSR count). The summed E-state index contributed by atoms with van der Waals surface area (Å²) in [6.45, 7) is 0.971. The highest BCUT2D eigenvalue weighted by molar-refractivity contribution is 6.02. The Hall–Kier alpha value is -3.41. The molecule has 5 nitrogen and oxygen atoms in total. The van der Waals surface area contributed by atoms with Crippen LogP contribution in [0.25, 0.3) is 10.9 Å². The van der Waals surface area contributed by atoms with Gasteiger partial charge in [-0.1, -0.05) is 36.8 Å². The Kier molecular flexibility index (Phi) is 5.99. The highest BCUT2D eigenvalue weighted by atomic mass is 19.1. The zero-order valence-corrected chi connectivity index (χ0v) is 18.6. The number of hydrogen-bond acceptors (Lipinski definition) is 2. The number of benzene rings is 2. The van der Waals surface area contributed by atoms with Crippen LogP contribution in [0.2, 0.25) is 0 Å². The van der Waals surface area contributed by atoms with Crippen molar-refractivity contribution in [1.29, 1.82) is 0 Å². The van der Waals surface area contributed by atoms with Crippen LogP contribution in [-0.2, 0) is 22.6 Å². The fourth-order valence-electron chi connectivity index (χ4n) is 5.20. The average Bonchev–Trinajstić information content (AvgIpc) is 3.35. The third-order valence-electron chi connectivity index (χ3n) is 6.85. The van der Waals surface area contributed by atoms with Gasteiger partial charge in [-0.15, -0.1) is 0 Å². The van der Waals surface area contributed by atoms with E-state index in [1.807, 2.05) is 29.3 Å². The van der Waals surface area contributed by atoms with Crippen molar-refractivity contribution in [2.24, 2.45) is 0 Å². The molecule has 1 aliphatic carbocycles. The molecule has 33 heavy (non-hydrogen) atoms. The third-order valence-corrected chi connectivity index (χ3v) is 6.85. The van der Waals surface area contributed by atoms with E-state index in [4.69, 9.17) is 0 Å². The Morgan fingerprint density at radius 3 is 2.79 bits per heavy atom. The second-order valence-electron chi connectivity index (χ2n) is 8.96. The third kappa shape index (κ3) is 4.42. The van der Waals surface area contributed by atoms with Crippen molar-refractivity contribution < 1.29 is 14.0 Å². The van der Waals surface area contributed by atoms with Crippen LogP contribution in [-0.4, -0.2) is 34.3 Å². The molecule has 1 aromatic heterocycles. The van der Waals surface area contributed by atoms with Gasteiger partial charge in [-0.2, -0.15) is 0 Å². The van der Waals surface area contributed by atoms with Gasteiger partial charge in [0.25, 0.3) is 5.91 Å². The number of fused-ring (bicyclic) bond motifs is 2. The largest absolute Gasteiger partial charge is 0.361 e. The van der Waals surface area contributed by atoms with E-state index in [2.05, 4.69) is 16.4 Å². The molecular formula is C27H28FN3O2. The number of hydrogen-bond donors (Lipinski definition) is 2. The lowest BCUT2D eigenvalue weighted by molar-refractivity contribution is -0.129. The van der Waals surface area contributed by atoms with Crippen LogP contribution in [0.1, 0.15) is 43.2 Å².